The summed E-state index contributed by atoms with van der Waals surface area (Å²) in [6.45, 7) is -0.0520. The van der Waals surface area contributed by atoms with Crippen molar-refractivity contribution in [2.45, 2.75) is 25.1 Å². The number of nitrogens with zero attached hydrogens (tertiary/aromatic N) is 1. The lowest BCUT2D eigenvalue weighted by Crippen LogP contribution is -2.41. The Balaban J connectivity index is 2.34. The lowest BCUT2D eigenvalue weighted by Gasteiger charge is -2.25. The van der Waals surface area contributed by atoms with Crippen LogP contribution >= 0.6 is 11.6 Å². The number of carbonyl (C=O) groups is 2. The first-order chi connectivity index (χ1) is 11.1. The van der Waals surface area contributed by atoms with Gasteiger partial charge in [0.2, 0.25) is 0 Å². The minimum Gasteiger partial charge on any atom is -0.481 e. The van der Waals surface area contributed by atoms with Crippen molar-refractivity contribution in [3.8, 4) is 0 Å². The van der Waals surface area contributed by atoms with Gasteiger partial charge in [-0.2, -0.15) is 13.2 Å². The number of hydrogen-bond donors (Lipinski definition) is 2. The molecule has 0 aromatic heterocycles. The highest BCUT2D eigenvalue weighted by molar-refractivity contribution is 6.33. The first-order valence-electron chi connectivity index (χ1n) is 7.24. The Morgan fingerprint density at radius 3 is 2.50 bits per heavy atom. The number of rotatable bonds is 2. The molecule has 1 aromatic rings. The summed E-state index contributed by atoms with van der Waals surface area (Å²) in [7, 11) is 0. The van der Waals surface area contributed by atoms with Gasteiger partial charge >= 0.3 is 12.1 Å². The molecule has 3 N–H and O–H groups in total. The van der Waals surface area contributed by atoms with Gasteiger partial charge in [-0.1, -0.05) is 11.6 Å². The van der Waals surface area contributed by atoms with E-state index in [0.717, 1.165) is 17.0 Å². The number of amides is 1. The molecule has 0 unspecified atom stereocenters. The van der Waals surface area contributed by atoms with Crippen molar-refractivity contribution < 1.29 is 27.9 Å². The summed E-state index contributed by atoms with van der Waals surface area (Å²) in [4.78, 5) is 25.0. The van der Waals surface area contributed by atoms with Crippen LogP contribution in [0.25, 0.3) is 0 Å². The van der Waals surface area contributed by atoms with Gasteiger partial charge in [0.15, 0.2) is 0 Å². The number of nitrogens with two attached hydrogens (primary N) is 1. The van der Waals surface area contributed by atoms with Gasteiger partial charge in [0.25, 0.3) is 5.91 Å². The van der Waals surface area contributed by atoms with Crippen LogP contribution in [0.5, 0.6) is 0 Å². The number of hydrogen-bond acceptors (Lipinski definition) is 3. The normalized spacial score (nSPS) is 22.1. The Bertz CT molecular complexity index is 651. The van der Waals surface area contributed by atoms with Gasteiger partial charge in [0.1, 0.15) is 0 Å². The second kappa shape index (κ2) is 6.98. The molecular formula is C15H16ClF3N2O3. The highest BCUT2D eigenvalue weighted by Crippen LogP contribution is 2.32. The minimum atomic E-state index is -4.61. The lowest BCUT2D eigenvalue weighted by molar-refractivity contribution is -0.142. The Morgan fingerprint density at radius 1 is 1.25 bits per heavy atom. The molecule has 0 saturated carbocycles. The first kappa shape index (κ1) is 18.5. The summed E-state index contributed by atoms with van der Waals surface area (Å²) < 4.78 is 38.5. The number of carboxylic acid groups (broad SMARTS) is 1. The third kappa shape index (κ3) is 4.18. The molecule has 1 heterocycles. The molecule has 1 amide bonds. The Morgan fingerprint density at radius 2 is 1.92 bits per heavy atom. The molecule has 1 aliphatic rings. The predicted molar refractivity (Wildman–Crippen MR) is 80.7 cm³/mol. The van der Waals surface area contributed by atoms with E-state index < -0.39 is 35.6 Å². The maximum atomic E-state index is 12.8. The van der Waals surface area contributed by atoms with E-state index in [9.17, 15) is 27.9 Å². The lowest BCUT2D eigenvalue weighted by atomic mass is 10.0. The fourth-order valence-corrected chi connectivity index (χ4v) is 2.82. The van der Waals surface area contributed by atoms with Crippen LogP contribution in [-0.2, 0) is 11.0 Å². The Labute approximate surface area is 141 Å². The third-order valence-corrected chi connectivity index (χ3v) is 4.27. The van der Waals surface area contributed by atoms with Crippen LogP contribution in [0.3, 0.4) is 0 Å². The third-order valence-electron chi connectivity index (χ3n) is 3.94. The number of alkyl halides is 3. The van der Waals surface area contributed by atoms with Crippen molar-refractivity contribution in [2.24, 2.45) is 11.7 Å². The van der Waals surface area contributed by atoms with Gasteiger partial charge in [-0.15, -0.1) is 0 Å². The fraction of sp³-hybridized carbons (Fsp3) is 0.467. The number of halogens is 4. The Kier molecular flexibility index (Phi) is 5.39. The zero-order chi connectivity index (χ0) is 18.1. The summed E-state index contributed by atoms with van der Waals surface area (Å²) in [5, 5.41) is 9.04. The van der Waals surface area contributed by atoms with Crippen LogP contribution in [0.4, 0.5) is 13.2 Å². The van der Waals surface area contributed by atoms with E-state index in [-0.39, 0.29) is 23.7 Å². The van der Waals surface area contributed by atoms with Gasteiger partial charge in [0, 0.05) is 19.1 Å². The molecule has 5 nitrogen and oxygen atoms in total. The molecule has 1 aromatic carbocycles. The molecule has 1 fully saturated rings. The minimum absolute atomic E-state index is 0.0647. The number of benzene rings is 1. The number of likely N-dealkylation sites (tertiary alicyclic amines) is 1. The van der Waals surface area contributed by atoms with Gasteiger partial charge in [-0.3, -0.25) is 9.59 Å². The van der Waals surface area contributed by atoms with Crippen LogP contribution in [0, 0.1) is 5.92 Å². The van der Waals surface area contributed by atoms with E-state index >= 15 is 0 Å². The summed E-state index contributed by atoms with van der Waals surface area (Å²) in [6.07, 6.45) is -3.90. The molecule has 132 valence electrons. The van der Waals surface area contributed by atoms with Crippen LogP contribution in [-0.4, -0.2) is 41.0 Å². The molecule has 1 saturated heterocycles. The van der Waals surface area contributed by atoms with E-state index in [1.807, 2.05) is 0 Å². The molecule has 0 bridgehead atoms. The second-order valence-corrected chi connectivity index (χ2v) is 6.18. The smallest absolute Gasteiger partial charge is 0.416 e. The molecule has 0 aliphatic carbocycles. The second-order valence-electron chi connectivity index (χ2n) is 5.78. The summed E-state index contributed by atoms with van der Waals surface area (Å²) in [5.74, 6) is -2.64. The van der Waals surface area contributed by atoms with Gasteiger partial charge in [0.05, 0.1) is 22.1 Å². The fourth-order valence-electron chi connectivity index (χ4n) is 2.62. The van der Waals surface area contributed by atoms with Gasteiger partial charge < -0.3 is 15.7 Å². The van der Waals surface area contributed by atoms with Crippen molar-refractivity contribution >= 4 is 23.5 Å². The van der Waals surface area contributed by atoms with Crippen LogP contribution < -0.4 is 5.73 Å². The molecule has 0 radical (unpaired) electrons. The molecule has 24 heavy (non-hydrogen) atoms. The average Bonchev–Trinajstić information content (AvgIpc) is 2.68. The monoisotopic (exact) mass is 364 g/mol. The molecular weight excluding hydrogens is 349 g/mol. The molecule has 2 atom stereocenters. The number of carbonyl (C=O) groups excluding carboxylic acids is 1. The van der Waals surface area contributed by atoms with Crippen LogP contribution in [0.2, 0.25) is 5.02 Å². The van der Waals surface area contributed by atoms with E-state index in [2.05, 4.69) is 0 Å². The van der Waals surface area contributed by atoms with E-state index in [4.69, 9.17) is 17.3 Å². The molecule has 2 rings (SSSR count). The average molecular weight is 365 g/mol. The van der Waals surface area contributed by atoms with Crippen molar-refractivity contribution in [2.75, 3.05) is 13.1 Å². The van der Waals surface area contributed by atoms with Crippen molar-refractivity contribution in [3.63, 3.8) is 0 Å². The summed E-state index contributed by atoms with van der Waals surface area (Å²) in [6, 6.07) is 2.02. The van der Waals surface area contributed by atoms with Crippen molar-refractivity contribution in [1.29, 1.82) is 0 Å². The number of carboxylic acids is 1. The first-order valence-corrected chi connectivity index (χ1v) is 7.61. The molecule has 9 heteroatoms. The quantitative estimate of drug-likeness (QED) is 0.845. The SMILES string of the molecule is N[C@@H]1CC[C@H](C(=O)O)CN(C(=O)c2cc(C(F)(F)F)ccc2Cl)C1. The van der Waals surface area contributed by atoms with Crippen LogP contribution in [0.1, 0.15) is 28.8 Å². The van der Waals surface area contributed by atoms with E-state index in [1.165, 1.54) is 0 Å². The maximum Gasteiger partial charge on any atom is 0.416 e. The van der Waals surface area contributed by atoms with Gasteiger partial charge in [-0.25, -0.2) is 0 Å². The zero-order valence-electron chi connectivity index (χ0n) is 12.5. The Hall–Kier alpha value is -1.80. The number of aliphatic carboxylic acids is 1. The summed E-state index contributed by atoms with van der Waals surface area (Å²) in [5.41, 5.74) is 4.53. The molecule has 1 aliphatic heterocycles. The zero-order valence-corrected chi connectivity index (χ0v) is 13.3. The van der Waals surface area contributed by atoms with E-state index in [0.29, 0.717) is 18.9 Å². The largest absolute Gasteiger partial charge is 0.481 e. The topological polar surface area (TPSA) is 83.6 Å². The van der Waals surface area contributed by atoms with Gasteiger partial charge in [-0.05, 0) is 31.0 Å². The highest BCUT2D eigenvalue weighted by Gasteiger charge is 2.34. The van der Waals surface area contributed by atoms with E-state index in [1.54, 1.807) is 0 Å². The maximum absolute atomic E-state index is 12.8. The highest BCUT2D eigenvalue weighted by atomic mass is 35.5. The van der Waals surface area contributed by atoms with Crippen molar-refractivity contribution in [1.82, 2.24) is 4.90 Å². The standard InChI is InChI=1S/C15H16ClF3N2O3/c16-12-4-2-9(15(17,18)19)5-11(12)13(22)21-6-8(14(23)24)1-3-10(20)7-21/h2,4-5,8,10H,1,3,6-7,20H2,(H,23,24)/t8-,10+/m0/s1. The van der Waals surface area contributed by atoms with Crippen LogP contribution in [0.15, 0.2) is 18.2 Å². The molecule has 0 spiro atoms. The summed E-state index contributed by atoms with van der Waals surface area (Å²) >= 11 is 5.87. The predicted octanol–water partition coefficient (Wildman–Crippen LogP) is 2.62. The van der Waals surface area contributed by atoms with Crippen molar-refractivity contribution in [3.05, 3.63) is 34.3 Å².